The van der Waals surface area contributed by atoms with Crippen LogP contribution in [0.15, 0.2) is 60.6 Å². The highest BCUT2D eigenvalue weighted by Crippen LogP contribution is 2.29. The van der Waals surface area contributed by atoms with E-state index in [9.17, 15) is 10.1 Å². The summed E-state index contributed by atoms with van der Waals surface area (Å²) in [7, 11) is 0. The number of nitro groups is 1. The van der Waals surface area contributed by atoms with Gasteiger partial charge in [-0.15, -0.1) is 0 Å². The van der Waals surface area contributed by atoms with Crippen LogP contribution in [0.3, 0.4) is 0 Å². The van der Waals surface area contributed by atoms with E-state index < -0.39 is 4.92 Å². The zero-order valence-electron chi connectivity index (χ0n) is 13.4. The van der Waals surface area contributed by atoms with Crippen molar-refractivity contribution in [3.63, 3.8) is 0 Å². The average Bonchev–Trinajstić information content (AvgIpc) is 2.62. The van der Waals surface area contributed by atoms with Gasteiger partial charge >= 0.3 is 0 Å². The van der Waals surface area contributed by atoms with Crippen molar-refractivity contribution in [1.29, 1.82) is 0 Å². The molecule has 2 aromatic carbocycles. The number of ether oxygens (including phenoxy) is 2. The molecule has 2 aromatic rings. The summed E-state index contributed by atoms with van der Waals surface area (Å²) in [5, 5.41) is 10.9. The second-order valence-corrected chi connectivity index (χ2v) is 6.03. The van der Waals surface area contributed by atoms with Crippen molar-refractivity contribution in [3.8, 4) is 5.75 Å². The van der Waals surface area contributed by atoms with Crippen molar-refractivity contribution in [3.05, 3.63) is 81.3 Å². The van der Waals surface area contributed by atoms with E-state index in [-0.39, 0.29) is 10.7 Å². The summed E-state index contributed by atoms with van der Waals surface area (Å²) < 4.78 is 11.2. The molecule has 0 radical (unpaired) electrons. The topological polar surface area (TPSA) is 64.8 Å². The first-order valence-electron chi connectivity index (χ1n) is 7.80. The van der Waals surface area contributed by atoms with Crippen LogP contribution in [0.4, 0.5) is 5.69 Å². The molecular weight excluding hydrogens is 344 g/mol. The fourth-order valence-electron chi connectivity index (χ4n) is 2.53. The molecule has 0 aliphatic carbocycles. The molecule has 1 heterocycles. The van der Waals surface area contributed by atoms with E-state index in [1.54, 1.807) is 0 Å². The fourth-order valence-corrected chi connectivity index (χ4v) is 2.75. The van der Waals surface area contributed by atoms with Crippen LogP contribution in [0.1, 0.15) is 5.56 Å². The van der Waals surface area contributed by atoms with Gasteiger partial charge in [0.25, 0.3) is 5.69 Å². The van der Waals surface area contributed by atoms with Crippen LogP contribution >= 0.6 is 11.6 Å². The highest BCUT2D eigenvalue weighted by molar-refractivity contribution is 6.32. The van der Waals surface area contributed by atoms with Gasteiger partial charge in [0.1, 0.15) is 24.4 Å². The first kappa shape index (κ1) is 17.3. The van der Waals surface area contributed by atoms with Crippen LogP contribution in [0.5, 0.6) is 5.75 Å². The van der Waals surface area contributed by atoms with Gasteiger partial charge in [-0.2, -0.15) is 0 Å². The molecule has 130 valence electrons. The first-order chi connectivity index (χ1) is 12.1. The lowest BCUT2D eigenvalue weighted by atomic mass is 10.2. The van der Waals surface area contributed by atoms with Crippen molar-refractivity contribution in [2.24, 2.45) is 0 Å². The molecule has 6 nitrogen and oxygen atoms in total. The fraction of sp³-hybridized carbons (Fsp3) is 0.222. The Hall–Kier alpha value is -2.57. The van der Waals surface area contributed by atoms with Crippen molar-refractivity contribution in [2.75, 3.05) is 19.7 Å². The predicted octanol–water partition coefficient (Wildman–Crippen LogP) is 4.00. The molecular formula is C18H17ClN2O4. The van der Waals surface area contributed by atoms with Crippen LogP contribution in [-0.2, 0) is 11.3 Å². The van der Waals surface area contributed by atoms with E-state index in [0.29, 0.717) is 24.7 Å². The van der Waals surface area contributed by atoms with E-state index in [1.165, 1.54) is 30.0 Å². The minimum Gasteiger partial charge on any atom is -0.492 e. The minimum absolute atomic E-state index is 0.0760. The van der Waals surface area contributed by atoms with Crippen LogP contribution in [0, 0.1) is 10.1 Å². The van der Waals surface area contributed by atoms with Gasteiger partial charge in [0.2, 0.25) is 0 Å². The summed E-state index contributed by atoms with van der Waals surface area (Å²) >= 11 is 6.02. The molecule has 25 heavy (non-hydrogen) atoms. The normalized spacial score (nSPS) is 16.4. The Kier molecular flexibility index (Phi) is 5.53. The second-order valence-electron chi connectivity index (χ2n) is 5.62. The van der Waals surface area contributed by atoms with Gasteiger partial charge in [0, 0.05) is 25.2 Å². The predicted molar refractivity (Wildman–Crippen MR) is 94.5 cm³/mol. The highest BCUT2D eigenvalue weighted by atomic mass is 35.5. The molecule has 0 amide bonds. The van der Waals surface area contributed by atoms with Crippen LogP contribution in [-0.4, -0.2) is 29.5 Å². The molecule has 0 bridgehead atoms. The quantitative estimate of drug-likeness (QED) is 0.458. The van der Waals surface area contributed by atoms with Crippen LogP contribution in [0.25, 0.3) is 0 Å². The molecule has 0 unspecified atom stereocenters. The minimum atomic E-state index is -0.500. The Morgan fingerprint density at radius 2 is 2.08 bits per heavy atom. The molecule has 1 fully saturated rings. The summed E-state index contributed by atoms with van der Waals surface area (Å²) in [5.74, 6) is 1.04. The molecule has 1 aliphatic rings. The van der Waals surface area contributed by atoms with Gasteiger partial charge in [-0.3, -0.25) is 15.0 Å². The molecule has 7 heteroatoms. The van der Waals surface area contributed by atoms with E-state index in [2.05, 4.69) is 17.0 Å². The third-order valence-corrected chi connectivity index (χ3v) is 4.06. The number of nitrogens with zero attached hydrogens (tertiary/aromatic N) is 2. The Balaban J connectivity index is 1.62. The molecule has 3 rings (SSSR count). The standard InChI is InChI=1S/C18H17ClN2O4/c19-17-10-15(21(22)23)6-7-18(17)25-13-16-12-20(8-9-24-16)11-14-4-2-1-3-5-14/h1-7,10,13H,8-9,11-12H2. The summed E-state index contributed by atoms with van der Waals surface area (Å²) in [4.78, 5) is 12.5. The lowest BCUT2D eigenvalue weighted by Gasteiger charge is -2.28. The number of morpholine rings is 1. The van der Waals surface area contributed by atoms with E-state index in [0.717, 1.165) is 13.1 Å². The highest BCUT2D eigenvalue weighted by Gasteiger charge is 2.16. The Bertz CT molecular complexity index is 780. The lowest BCUT2D eigenvalue weighted by molar-refractivity contribution is -0.384. The summed E-state index contributed by atoms with van der Waals surface area (Å²) in [6.45, 7) is 2.87. The first-order valence-corrected chi connectivity index (χ1v) is 8.18. The van der Waals surface area contributed by atoms with Crippen LogP contribution < -0.4 is 4.74 Å². The second kappa shape index (κ2) is 8.00. The van der Waals surface area contributed by atoms with E-state index in [4.69, 9.17) is 21.1 Å². The largest absolute Gasteiger partial charge is 0.492 e. The number of non-ortho nitro benzene ring substituents is 1. The smallest absolute Gasteiger partial charge is 0.271 e. The lowest BCUT2D eigenvalue weighted by Crippen LogP contribution is -2.34. The van der Waals surface area contributed by atoms with E-state index in [1.807, 2.05) is 18.2 Å². The Labute approximate surface area is 150 Å². The van der Waals surface area contributed by atoms with Gasteiger partial charge in [-0.25, -0.2) is 0 Å². The SMILES string of the molecule is O=[N+]([O-])c1ccc(OC=C2CN(Cc3ccccc3)CCO2)c(Cl)c1. The number of halogens is 1. The van der Waals surface area contributed by atoms with Gasteiger partial charge in [0.15, 0.2) is 0 Å². The maximum atomic E-state index is 10.7. The molecule has 1 saturated heterocycles. The molecule has 0 spiro atoms. The summed E-state index contributed by atoms with van der Waals surface area (Å²) in [6, 6.07) is 14.3. The summed E-state index contributed by atoms with van der Waals surface area (Å²) in [5.41, 5.74) is 1.16. The number of nitro benzene ring substituents is 1. The van der Waals surface area contributed by atoms with Crippen molar-refractivity contribution < 1.29 is 14.4 Å². The van der Waals surface area contributed by atoms with Gasteiger partial charge in [0.05, 0.1) is 16.5 Å². The Morgan fingerprint density at radius 3 is 2.80 bits per heavy atom. The maximum absolute atomic E-state index is 10.7. The van der Waals surface area contributed by atoms with Crippen molar-refractivity contribution >= 4 is 17.3 Å². The van der Waals surface area contributed by atoms with Crippen molar-refractivity contribution in [2.45, 2.75) is 6.54 Å². The molecule has 0 atom stereocenters. The van der Waals surface area contributed by atoms with Gasteiger partial charge < -0.3 is 9.47 Å². The zero-order valence-corrected chi connectivity index (χ0v) is 14.2. The summed E-state index contributed by atoms with van der Waals surface area (Å²) in [6.07, 6.45) is 1.50. The molecule has 0 saturated carbocycles. The van der Waals surface area contributed by atoms with Gasteiger partial charge in [-0.05, 0) is 11.6 Å². The Morgan fingerprint density at radius 1 is 1.28 bits per heavy atom. The third kappa shape index (κ3) is 4.71. The molecule has 1 aliphatic heterocycles. The number of benzene rings is 2. The van der Waals surface area contributed by atoms with Crippen LogP contribution in [0.2, 0.25) is 5.02 Å². The molecule has 0 aromatic heterocycles. The maximum Gasteiger partial charge on any atom is 0.271 e. The molecule has 0 N–H and O–H groups in total. The number of hydrogen-bond donors (Lipinski definition) is 0. The van der Waals surface area contributed by atoms with Crippen molar-refractivity contribution in [1.82, 2.24) is 4.90 Å². The number of hydrogen-bond acceptors (Lipinski definition) is 5. The third-order valence-electron chi connectivity index (χ3n) is 3.77. The monoisotopic (exact) mass is 360 g/mol. The van der Waals surface area contributed by atoms with E-state index >= 15 is 0 Å². The van der Waals surface area contributed by atoms with Gasteiger partial charge in [-0.1, -0.05) is 41.9 Å². The number of rotatable bonds is 5. The average molecular weight is 361 g/mol. The zero-order chi connectivity index (χ0) is 17.6.